The van der Waals surface area contributed by atoms with Crippen molar-refractivity contribution >= 4 is 56.4 Å². The maximum absolute atomic E-state index is 13.4. The van der Waals surface area contributed by atoms with Crippen LogP contribution in [-0.2, 0) is 0 Å². The third-order valence-corrected chi connectivity index (χ3v) is 7.41. The molecule has 33 heavy (non-hydrogen) atoms. The van der Waals surface area contributed by atoms with E-state index >= 15 is 0 Å². The highest BCUT2D eigenvalue weighted by atomic mass is 79.9. The first kappa shape index (κ1) is 22.4. The largest absolute Gasteiger partial charge is 0.448 e. The smallest absolute Gasteiger partial charge is 0.282 e. The molecule has 5 nitrogen and oxygen atoms in total. The first-order chi connectivity index (χ1) is 16.1. The summed E-state index contributed by atoms with van der Waals surface area (Å²) in [4.78, 5) is 19.3. The van der Waals surface area contributed by atoms with Crippen molar-refractivity contribution in [2.24, 2.45) is 5.10 Å². The van der Waals surface area contributed by atoms with Crippen molar-refractivity contribution in [1.82, 2.24) is 9.66 Å². The predicted molar refractivity (Wildman–Crippen MR) is 137 cm³/mol. The lowest BCUT2D eigenvalue weighted by molar-refractivity contribution is 0.416. The molecule has 0 bridgehead atoms. The van der Waals surface area contributed by atoms with Gasteiger partial charge in [0.15, 0.2) is 5.09 Å². The van der Waals surface area contributed by atoms with Gasteiger partial charge in [0.25, 0.3) is 5.56 Å². The summed E-state index contributed by atoms with van der Waals surface area (Å²) in [7, 11) is 0. The van der Waals surface area contributed by atoms with Gasteiger partial charge >= 0.3 is 0 Å². The van der Waals surface area contributed by atoms with Crippen LogP contribution < -0.4 is 5.56 Å². The van der Waals surface area contributed by atoms with Crippen molar-refractivity contribution < 1.29 is 4.42 Å². The van der Waals surface area contributed by atoms with E-state index in [9.17, 15) is 4.79 Å². The molecule has 168 valence electrons. The number of hydrogen-bond acceptors (Lipinski definition) is 5. The molecule has 0 spiro atoms. The standard InChI is InChI=1S/C25H21BrClN3O2S/c26-17-6-12-22-21(14-17)25(31)30(24(29-22)16-4-2-1-3-5-16)28-15-19-9-13-23(32-19)33-20-10-7-18(27)8-11-20/h6-16H,1-5H2. The first-order valence-corrected chi connectivity index (χ1v) is 12.9. The Morgan fingerprint density at radius 2 is 1.88 bits per heavy atom. The fourth-order valence-corrected chi connectivity index (χ4v) is 5.36. The molecule has 0 N–H and O–H groups in total. The number of benzene rings is 2. The molecule has 0 saturated heterocycles. The first-order valence-electron chi connectivity index (χ1n) is 10.9. The van der Waals surface area contributed by atoms with E-state index in [4.69, 9.17) is 21.0 Å². The van der Waals surface area contributed by atoms with E-state index in [2.05, 4.69) is 21.0 Å². The van der Waals surface area contributed by atoms with Gasteiger partial charge in [0, 0.05) is 20.3 Å². The highest BCUT2D eigenvalue weighted by Gasteiger charge is 2.22. The average Bonchev–Trinajstić information content (AvgIpc) is 3.28. The maximum atomic E-state index is 13.4. The Hall–Kier alpha value is -2.35. The highest BCUT2D eigenvalue weighted by Crippen LogP contribution is 2.32. The van der Waals surface area contributed by atoms with Crippen molar-refractivity contribution in [3.63, 3.8) is 0 Å². The Bertz CT molecular complexity index is 1370. The van der Waals surface area contributed by atoms with Crippen molar-refractivity contribution in [2.45, 2.75) is 48.0 Å². The van der Waals surface area contributed by atoms with Gasteiger partial charge < -0.3 is 4.42 Å². The van der Waals surface area contributed by atoms with E-state index in [0.717, 1.165) is 46.0 Å². The second-order valence-corrected chi connectivity index (χ2v) is 10.5. The topological polar surface area (TPSA) is 60.4 Å². The lowest BCUT2D eigenvalue weighted by atomic mass is 9.88. The van der Waals surface area contributed by atoms with E-state index in [1.165, 1.54) is 22.9 Å². The SMILES string of the molecule is O=c1c2cc(Br)ccc2nc(C2CCCCC2)n1N=Cc1ccc(Sc2ccc(Cl)cc2)o1. The second kappa shape index (κ2) is 9.87. The summed E-state index contributed by atoms with van der Waals surface area (Å²) in [6, 6.07) is 16.9. The van der Waals surface area contributed by atoms with Crippen LogP contribution in [0.2, 0.25) is 5.02 Å². The number of fused-ring (bicyclic) bond motifs is 1. The van der Waals surface area contributed by atoms with Gasteiger partial charge in [-0.2, -0.15) is 9.78 Å². The number of halogens is 2. The van der Waals surface area contributed by atoms with E-state index in [-0.39, 0.29) is 11.5 Å². The summed E-state index contributed by atoms with van der Waals surface area (Å²) in [5, 5.41) is 6.52. The Balaban J connectivity index is 1.48. The molecule has 2 heterocycles. The molecule has 1 aliphatic carbocycles. The van der Waals surface area contributed by atoms with Gasteiger partial charge in [0.05, 0.1) is 17.1 Å². The van der Waals surface area contributed by atoms with Gasteiger partial charge in [0.1, 0.15) is 11.6 Å². The van der Waals surface area contributed by atoms with Crippen molar-refractivity contribution in [3.05, 3.63) is 86.0 Å². The molecular weight excluding hydrogens is 522 g/mol. The molecule has 0 unspecified atom stereocenters. The van der Waals surface area contributed by atoms with Crippen LogP contribution in [0.25, 0.3) is 10.9 Å². The Morgan fingerprint density at radius 3 is 2.67 bits per heavy atom. The molecule has 8 heteroatoms. The van der Waals surface area contributed by atoms with E-state index in [0.29, 0.717) is 21.7 Å². The minimum Gasteiger partial charge on any atom is -0.448 e. The van der Waals surface area contributed by atoms with Crippen molar-refractivity contribution in [2.75, 3.05) is 0 Å². The normalized spacial score (nSPS) is 15.0. The van der Waals surface area contributed by atoms with Crippen molar-refractivity contribution in [3.8, 4) is 0 Å². The Labute approximate surface area is 209 Å². The minimum absolute atomic E-state index is 0.166. The number of rotatable bonds is 5. The molecule has 1 fully saturated rings. The van der Waals surface area contributed by atoms with Crippen LogP contribution in [0.3, 0.4) is 0 Å². The van der Waals surface area contributed by atoms with Crippen LogP contribution in [0.1, 0.15) is 49.6 Å². The van der Waals surface area contributed by atoms with E-state index in [1.54, 1.807) is 12.3 Å². The number of aromatic nitrogens is 2. The van der Waals surface area contributed by atoms with Gasteiger partial charge in [-0.15, -0.1) is 0 Å². The quantitative estimate of drug-likeness (QED) is 0.245. The highest BCUT2D eigenvalue weighted by molar-refractivity contribution is 9.10. The Kier molecular flexibility index (Phi) is 6.71. The lowest BCUT2D eigenvalue weighted by Gasteiger charge is -2.22. The van der Waals surface area contributed by atoms with Crippen LogP contribution in [0.15, 0.2) is 83.4 Å². The van der Waals surface area contributed by atoms with Gasteiger partial charge in [-0.3, -0.25) is 4.79 Å². The molecule has 2 aromatic carbocycles. The third kappa shape index (κ3) is 5.10. The molecule has 4 aromatic rings. The zero-order valence-corrected chi connectivity index (χ0v) is 20.9. The van der Waals surface area contributed by atoms with Gasteiger partial charge in [-0.25, -0.2) is 4.98 Å². The summed E-state index contributed by atoms with van der Waals surface area (Å²) in [6.45, 7) is 0. The summed E-state index contributed by atoms with van der Waals surface area (Å²) >= 11 is 10.9. The summed E-state index contributed by atoms with van der Waals surface area (Å²) in [6.07, 6.45) is 7.15. The van der Waals surface area contributed by atoms with Crippen LogP contribution >= 0.6 is 39.3 Å². The second-order valence-electron chi connectivity index (χ2n) is 8.04. The van der Waals surface area contributed by atoms with Crippen LogP contribution in [0.5, 0.6) is 0 Å². The molecule has 1 aliphatic rings. The van der Waals surface area contributed by atoms with E-state index < -0.39 is 0 Å². The molecule has 0 amide bonds. The zero-order valence-electron chi connectivity index (χ0n) is 17.7. The predicted octanol–water partition coefficient (Wildman–Crippen LogP) is 7.49. The number of nitrogens with zero attached hydrogens (tertiary/aromatic N) is 3. The summed E-state index contributed by atoms with van der Waals surface area (Å²) in [5.41, 5.74) is 0.537. The average molecular weight is 543 g/mol. The van der Waals surface area contributed by atoms with Crippen LogP contribution in [0, 0.1) is 0 Å². The maximum Gasteiger partial charge on any atom is 0.282 e. The molecule has 1 saturated carbocycles. The summed E-state index contributed by atoms with van der Waals surface area (Å²) in [5.74, 6) is 1.53. The van der Waals surface area contributed by atoms with Crippen LogP contribution in [-0.4, -0.2) is 15.9 Å². The number of hydrogen-bond donors (Lipinski definition) is 0. The fraction of sp³-hybridized carbons (Fsp3) is 0.240. The number of furan rings is 1. The monoisotopic (exact) mass is 541 g/mol. The third-order valence-electron chi connectivity index (χ3n) is 5.74. The van der Waals surface area contributed by atoms with Gasteiger partial charge in [0.2, 0.25) is 0 Å². The van der Waals surface area contributed by atoms with E-state index in [1.807, 2.05) is 48.5 Å². The Morgan fingerprint density at radius 1 is 1.09 bits per heavy atom. The zero-order chi connectivity index (χ0) is 22.8. The molecule has 2 aromatic heterocycles. The molecular formula is C25H21BrClN3O2S. The van der Waals surface area contributed by atoms with Crippen LogP contribution in [0.4, 0.5) is 0 Å². The molecule has 0 atom stereocenters. The molecule has 0 radical (unpaired) electrons. The lowest BCUT2D eigenvalue weighted by Crippen LogP contribution is -2.25. The van der Waals surface area contributed by atoms with Crippen molar-refractivity contribution in [1.29, 1.82) is 0 Å². The molecule has 5 rings (SSSR count). The van der Waals surface area contributed by atoms with Gasteiger partial charge in [-0.05, 0) is 67.4 Å². The fourth-order valence-electron chi connectivity index (χ4n) is 4.09. The summed E-state index contributed by atoms with van der Waals surface area (Å²) < 4.78 is 8.20. The minimum atomic E-state index is -0.166. The van der Waals surface area contributed by atoms with Gasteiger partial charge in [-0.1, -0.05) is 58.6 Å². The molecule has 0 aliphatic heterocycles.